The van der Waals surface area contributed by atoms with E-state index in [0.29, 0.717) is 6.54 Å². The summed E-state index contributed by atoms with van der Waals surface area (Å²) in [7, 11) is 2.11. The number of benzene rings is 1. The van der Waals surface area contributed by atoms with Crippen LogP contribution in [-0.2, 0) is 11.3 Å². The largest absolute Gasteiger partial charge is 0.352 e. The van der Waals surface area contributed by atoms with Gasteiger partial charge in [0.05, 0.1) is 0 Å². The van der Waals surface area contributed by atoms with Crippen molar-refractivity contribution in [1.29, 1.82) is 0 Å². The number of hydrogen-bond acceptors (Lipinski definition) is 2. The Balaban J connectivity index is 0.000000861. The first-order valence-electron chi connectivity index (χ1n) is 7.26. The summed E-state index contributed by atoms with van der Waals surface area (Å²) < 4.78 is 0. The summed E-state index contributed by atoms with van der Waals surface area (Å²) in [6.07, 6.45) is 1.97. The summed E-state index contributed by atoms with van der Waals surface area (Å²) in [5.41, 5.74) is 1.16. The fraction of sp³-hybridized carbons (Fsp3) is 0.562. The predicted molar refractivity (Wildman–Crippen MR) is 79.9 cm³/mol. The molecule has 0 atom stereocenters. The van der Waals surface area contributed by atoms with Crippen molar-refractivity contribution in [3.8, 4) is 0 Å². The summed E-state index contributed by atoms with van der Waals surface area (Å²) in [5, 5.41) is 3.03. The van der Waals surface area contributed by atoms with Crippen molar-refractivity contribution >= 4 is 5.91 Å². The highest BCUT2D eigenvalue weighted by Gasteiger charge is 2.22. The van der Waals surface area contributed by atoms with Crippen LogP contribution in [0.4, 0.5) is 0 Å². The van der Waals surface area contributed by atoms with Gasteiger partial charge in [-0.2, -0.15) is 0 Å². The van der Waals surface area contributed by atoms with Crippen LogP contribution in [-0.4, -0.2) is 30.9 Å². The minimum absolute atomic E-state index is 0.204. The highest BCUT2D eigenvalue weighted by atomic mass is 16.1. The van der Waals surface area contributed by atoms with E-state index in [0.717, 1.165) is 31.5 Å². The maximum atomic E-state index is 11.9. The predicted octanol–water partition coefficient (Wildman–Crippen LogP) is 2.67. The van der Waals surface area contributed by atoms with Crippen LogP contribution in [0.1, 0.15) is 32.3 Å². The summed E-state index contributed by atoms with van der Waals surface area (Å²) >= 11 is 0. The summed E-state index contributed by atoms with van der Waals surface area (Å²) in [6, 6.07) is 10.1. The lowest BCUT2D eigenvalue weighted by Crippen LogP contribution is -2.38. The summed E-state index contributed by atoms with van der Waals surface area (Å²) in [6.45, 7) is 6.71. The molecule has 1 aliphatic heterocycles. The molecule has 1 saturated heterocycles. The van der Waals surface area contributed by atoms with Crippen LogP contribution in [0.5, 0.6) is 0 Å². The van der Waals surface area contributed by atoms with Crippen LogP contribution < -0.4 is 5.32 Å². The lowest BCUT2D eigenvalue weighted by Gasteiger charge is -2.28. The molecule has 0 aliphatic carbocycles. The quantitative estimate of drug-likeness (QED) is 0.908. The molecule has 0 radical (unpaired) electrons. The molecule has 1 N–H and O–H groups in total. The first kappa shape index (κ1) is 15.7. The van der Waals surface area contributed by atoms with E-state index in [1.165, 1.54) is 0 Å². The van der Waals surface area contributed by atoms with Crippen molar-refractivity contribution in [3.63, 3.8) is 0 Å². The van der Waals surface area contributed by atoms with Gasteiger partial charge in [-0.1, -0.05) is 44.2 Å². The first-order valence-corrected chi connectivity index (χ1v) is 7.26. The zero-order valence-corrected chi connectivity index (χ0v) is 12.4. The average Bonchev–Trinajstić information content (AvgIpc) is 2.49. The van der Waals surface area contributed by atoms with E-state index in [1.807, 2.05) is 44.2 Å². The van der Waals surface area contributed by atoms with E-state index < -0.39 is 0 Å². The van der Waals surface area contributed by atoms with Gasteiger partial charge in [0.15, 0.2) is 0 Å². The molecule has 0 aromatic heterocycles. The van der Waals surface area contributed by atoms with E-state index in [4.69, 9.17) is 0 Å². The molecule has 3 heteroatoms. The number of carbonyl (C=O) groups is 1. The van der Waals surface area contributed by atoms with Crippen molar-refractivity contribution in [2.75, 3.05) is 20.1 Å². The summed E-state index contributed by atoms with van der Waals surface area (Å²) in [5.74, 6) is 0.414. The third-order valence-electron chi connectivity index (χ3n) is 3.40. The van der Waals surface area contributed by atoms with E-state index in [-0.39, 0.29) is 11.8 Å². The lowest BCUT2D eigenvalue weighted by atomic mass is 9.96. The first-order chi connectivity index (χ1) is 9.25. The topological polar surface area (TPSA) is 32.3 Å². The zero-order chi connectivity index (χ0) is 14.1. The molecule has 106 valence electrons. The molecular weight excluding hydrogens is 236 g/mol. The third kappa shape index (κ3) is 5.43. The Hall–Kier alpha value is -1.35. The highest BCUT2D eigenvalue weighted by molar-refractivity contribution is 5.78. The van der Waals surface area contributed by atoms with Crippen molar-refractivity contribution in [3.05, 3.63) is 35.9 Å². The monoisotopic (exact) mass is 262 g/mol. The second kappa shape index (κ2) is 8.70. The Morgan fingerprint density at radius 3 is 2.37 bits per heavy atom. The molecule has 0 bridgehead atoms. The van der Waals surface area contributed by atoms with E-state index in [9.17, 15) is 4.79 Å². The van der Waals surface area contributed by atoms with Gasteiger partial charge in [0.2, 0.25) is 5.91 Å². The fourth-order valence-corrected chi connectivity index (χ4v) is 2.20. The molecular formula is C16H26N2O. The van der Waals surface area contributed by atoms with Crippen LogP contribution in [0.25, 0.3) is 0 Å². The molecule has 0 spiro atoms. The van der Waals surface area contributed by atoms with E-state index in [2.05, 4.69) is 17.3 Å². The van der Waals surface area contributed by atoms with Gasteiger partial charge in [-0.15, -0.1) is 0 Å². The number of nitrogens with one attached hydrogen (secondary N) is 1. The maximum Gasteiger partial charge on any atom is 0.223 e. The van der Waals surface area contributed by atoms with E-state index >= 15 is 0 Å². The van der Waals surface area contributed by atoms with Crippen LogP contribution in [0.2, 0.25) is 0 Å². The van der Waals surface area contributed by atoms with Crippen molar-refractivity contribution in [2.45, 2.75) is 33.2 Å². The SMILES string of the molecule is CC.CN1CCC(C(=O)NCc2ccccc2)CC1. The van der Waals surface area contributed by atoms with Crippen molar-refractivity contribution < 1.29 is 4.79 Å². The molecule has 1 aromatic carbocycles. The van der Waals surface area contributed by atoms with Gasteiger partial charge in [0, 0.05) is 12.5 Å². The fourth-order valence-electron chi connectivity index (χ4n) is 2.20. The number of nitrogens with zero attached hydrogens (tertiary/aromatic N) is 1. The van der Waals surface area contributed by atoms with Crippen LogP contribution in [0.15, 0.2) is 30.3 Å². The molecule has 1 aliphatic rings. The number of rotatable bonds is 3. The number of piperidine rings is 1. The zero-order valence-electron chi connectivity index (χ0n) is 12.4. The molecule has 19 heavy (non-hydrogen) atoms. The Bertz CT molecular complexity index is 356. The smallest absolute Gasteiger partial charge is 0.223 e. The van der Waals surface area contributed by atoms with Gasteiger partial charge in [-0.05, 0) is 38.5 Å². The van der Waals surface area contributed by atoms with Crippen molar-refractivity contribution in [1.82, 2.24) is 10.2 Å². The number of likely N-dealkylation sites (tertiary alicyclic amines) is 1. The van der Waals surface area contributed by atoms with Crippen LogP contribution >= 0.6 is 0 Å². The van der Waals surface area contributed by atoms with Gasteiger partial charge in [-0.25, -0.2) is 0 Å². The second-order valence-electron chi connectivity index (χ2n) is 4.78. The third-order valence-corrected chi connectivity index (χ3v) is 3.40. The van der Waals surface area contributed by atoms with Gasteiger partial charge in [-0.3, -0.25) is 4.79 Å². The highest BCUT2D eigenvalue weighted by Crippen LogP contribution is 2.16. The maximum absolute atomic E-state index is 11.9. The van der Waals surface area contributed by atoms with Gasteiger partial charge < -0.3 is 10.2 Å². The Morgan fingerprint density at radius 2 is 1.79 bits per heavy atom. The lowest BCUT2D eigenvalue weighted by molar-refractivity contribution is -0.126. The minimum Gasteiger partial charge on any atom is -0.352 e. The normalized spacial score (nSPS) is 16.4. The molecule has 1 aromatic rings. The average molecular weight is 262 g/mol. The second-order valence-corrected chi connectivity index (χ2v) is 4.78. The summed E-state index contributed by atoms with van der Waals surface area (Å²) in [4.78, 5) is 14.2. The molecule has 1 heterocycles. The van der Waals surface area contributed by atoms with Gasteiger partial charge in [0.25, 0.3) is 0 Å². The standard InChI is InChI=1S/C14H20N2O.C2H6/c1-16-9-7-13(8-10-16)14(17)15-11-12-5-3-2-4-6-12;1-2/h2-6,13H,7-11H2,1H3,(H,15,17);1-2H3. The molecule has 1 fully saturated rings. The number of carbonyl (C=O) groups excluding carboxylic acids is 1. The number of hydrogen-bond donors (Lipinski definition) is 1. The Labute approximate surface area is 117 Å². The van der Waals surface area contributed by atoms with Gasteiger partial charge in [0.1, 0.15) is 0 Å². The van der Waals surface area contributed by atoms with E-state index in [1.54, 1.807) is 0 Å². The molecule has 3 nitrogen and oxygen atoms in total. The molecule has 2 rings (SSSR count). The minimum atomic E-state index is 0.204. The molecule has 0 unspecified atom stereocenters. The Kier molecular flexibility index (Phi) is 7.19. The van der Waals surface area contributed by atoms with Crippen LogP contribution in [0, 0.1) is 5.92 Å². The number of amides is 1. The van der Waals surface area contributed by atoms with Crippen molar-refractivity contribution in [2.24, 2.45) is 5.92 Å². The molecule has 0 saturated carbocycles. The van der Waals surface area contributed by atoms with Crippen LogP contribution in [0.3, 0.4) is 0 Å². The molecule has 1 amide bonds. The van der Waals surface area contributed by atoms with Gasteiger partial charge >= 0.3 is 0 Å². The Morgan fingerprint density at radius 1 is 1.21 bits per heavy atom.